The lowest BCUT2D eigenvalue weighted by Crippen LogP contribution is -2.50. The molecule has 2 fully saturated rings. The fourth-order valence-electron chi connectivity index (χ4n) is 2.79. The van der Waals surface area contributed by atoms with E-state index in [2.05, 4.69) is 17.1 Å². The molecule has 2 rings (SSSR count). The molecule has 3 unspecified atom stereocenters. The Morgan fingerprint density at radius 1 is 1.44 bits per heavy atom. The van der Waals surface area contributed by atoms with Gasteiger partial charge in [0.2, 0.25) is 5.91 Å². The summed E-state index contributed by atoms with van der Waals surface area (Å²) in [5.41, 5.74) is 6.02. The molecule has 0 aromatic carbocycles. The SMILES string of the molecule is CC1CN(C2CCCNC(=O)C2)CCC1N. The molecule has 92 valence electrons. The highest BCUT2D eigenvalue weighted by atomic mass is 16.1. The second kappa shape index (κ2) is 5.15. The Balaban J connectivity index is 1.93. The second-order valence-corrected chi connectivity index (χ2v) is 5.27. The van der Waals surface area contributed by atoms with Crippen LogP contribution in [0.15, 0.2) is 0 Å². The Morgan fingerprint density at radius 2 is 2.25 bits per heavy atom. The number of piperidine rings is 1. The highest BCUT2D eigenvalue weighted by molar-refractivity contribution is 5.76. The van der Waals surface area contributed by atoms with Gasteiger partial charge in [0.05, 0.1) is 0 Å². The van der Waals surface area contributed by atoms with Gasteiger partial charge < -0.3 is 11.1 Å². The van der Waals surface area contributed by atoms with E-state index in [4.69, 9.17) is 5.73 Å². The van der Waals surface area contributed by atoms with E-state index in [0.717, 1.165) is 38.9 Å². The molecule has 0 radical (unpaired) electrons. The maximum absolute atomic E-state index is 11.5. The van der Waals surface area contributed by atoms with Crippen LogP contribution in [0.1, 0.15) is 32.6 Å². The highest BCUT2D eigenvalue weighted by Gasteiger charge is 2.29. The van der Waals surface area contributed by atoms with Crippen LogP contribution >= 0.6 is 0 Å². The van der Waals surface area contributed by atoms with E-state index in [-0.39, 0.29) is 5.91 Å². The maximum Gasteiger partial charge on any atom is 0.221 e. The van der Waals surface area contributed by atoms with E-state index in [1.54, 1.807) is 0 Å². The van der Waals surface area contributed by atoms with Crippen LogP contribution in [-0.2, 0) is 4.79 Å². The molecule has 1 amide bonds. The molecule has 4 nitrogen and oxygen atoms in total. The van der Waals surface area contributed by atoms with Crippen LogP contribution in [0.3, 0.4) is 0 Å². The van der Waals surface area contributed by atoms with E-state index >= 15 is 0 Å². The van der Waals surface area contributed by atoms with E-state index in [1.807, 2.05) is 0 Å². The fraction of sp³-hybridized carbons (Fsp3) is 0.917. The van der Waals surface area contributed by atoms with Gasteiger partial charge in [0.25, 0.3) is 0 Å². The number of carbonyl (C=O) groups is 1. The van der Waals surface area contributed by atoms with Gasteiger partial charge in [-0.25, -0.2) is 0 Å². The Labute approximate surface area is 97.6 Å². The van der Waals surface area contributed by atoms with Gasteiger partial charge in [-0.15, -0.1) is 0 Å². The molecule has 0 bridgehead atoms. The molecule has 0 aliphatic carbocycles. The summed E-state index contributed by atoms with van der Waals surface area (Å²) in [6.45, 7) is 5.18. The molecule has 2 saturated heterocycles. The highest BCUT2D eigenvalue weighted by Crippen LogP contribution is 2.21. The van der Waals surface area contributed by atoms with Crippen molar-refractivity contribution < 1.29 is 4.79 Å². The first-order valence-electron chi connectivity index (χ1n) is 6.43. The van der Waals surface area contributed by atoms with Gasteiger partial charge in [0.15, 0.2) is 0 Å². The molecule has 2 aliphatic rings. The molecule has 0 saturated carbocycles. The Hall–Kier alpha value is -0.610. The summed E-state index contributed by atoms with van der Waals surface area (Å²) in [6, 6.07) is 0.785. The summed E-state index contributed by atoms with van der Waals surface area (Å²) in [6.07, 6.45) is 3.98. The van der Waals surface area contributed by atoms with Crippen LogP contribution in [0, 0.1) is 5.92 Å². The summed E-state index contributed by atoms with van der Waals surface area (Å²) in [5, 5.41) is 2.94. The molecule has 0 aromatic heterocycles. The summed E-state index contributed by atoms with van der Waals surface area (Å²) in [7, 11) is 0. The minimum Gasteiger partial charge on any atom is -0.356 e. The first kappa shape index (κ1) is 11.9. The maximum atomic E-state index is 11.5. The number of nitrogens with two attached hydrogens (primary N) is 1. The molecule has 2 aliphatic heterocycles. The number of amides is 1. The zero-order valence-corrected chi connectivity index (χ0v) is 10.1. The van der Waals surface area contributed by atoms with Crippen molar-refractivity contribution >= 4 is 5.91 Å². The number of carbonyl (C=O) groups excluding carboxylic acids is 1. The minimum absolute atomic E-state index is 0.213. The molecule has 4 heteroatoms. The van der Waals surface area contributed by atoms with Crippen molar-refractivity contribution in [2.45, 2.75) is 44.7 Å². The molecular weight excluding hydrogens is 202 g/mol. The molecule has 3 N–H and O–H groups in total. The van der Waals surface area contributed by atoms with Gasteiger partial charge in [0, 0.05) is 31.6 Å². The van der Waals surface area contributed by atoms with E-state index < -0.39 is 0 Å². The molecule has 2 heterocycles. The Bertz CT molecular complexity index is 257. The standard InChI is InChI=1S/C12H23N3O/c1-9-8-15(6-4-11(9)13)10-3-2-5-14-12(16)7-10/h9-11H,2-8,13H2,1H3,(H,14,16). The van der Waals surface area contributed by atoms with Crippen molar-refractivity contribution in [1.29, 1.82) is 0 Å². The fourth-order valence-corrected chi connectivity index (χ4v) is 2.79. The number of hydrogen-bond acceptors (Lipinski definition) is 3. The minimum atomic E-state index is 0.213. The molecular formula is C12H23N3O. The Morgan fingerprint density at radius 3 is 3.00 bits per heavy atom. The monoisotopic (exact) mass is 225 g/mol. The van der Waals surface area contributed by atoms with Crippen LogP contribution in [0.2, 0.25) is 0 Å². The van der Waals surface area contributed by atoms with Crippen LogP contribution < -0.4 is 11.1 Å². The van der Waals surface area contributed by atoms with Crippen molar-refractivity contribution in [3.63, 3.8) is 0 Å². The van der Waals surface area contributed by atoms with Crippen LogP contribution in [0.25, 0.3) is 0 Å². The molecule has 16 heavy (non-hydrogen) atoms. The zero-order chi connectivity index (χ0) is 11.5. The van der Waals surface area contributed by atoms with Crippen molar-refractivity contribution in [2.24, 2.45) is 11.7 Å². The summed E-state index contributed by atoms with van der Waals surface area (Å²) in [4.78, 5) is 14.0. The van der Waals surface area contributed by atoms with Gasteiger partial charge in [-0.2, -0.15) is 0 Å². The lowest BCUT2D eigenvalue weighted by Gasteiger charge is -2.39. The first-order chi connectivity index (χ1) is 7.66. The van der Waals surface area contributed by atoms with E-state index in [9.17, 15) is 4.79 Å². The normalized spacial score (nSPS) is 37.9. The lowest BCUT2D eigenvalue weighted by atomic mass is 9.92. The van der Waals surface area contributed by atoms with Gasteiger partial charge in [0.1, 0.15) is 0 Å². The third-order valence-electron chi connectivity index (χ3n) is 3.98. The number of likely N-dealkylation sites (tertiary alicyclic amines) is 1. The van der Waals surface area contributed by atoms with E-state index in [0.29, 0.717) is 24.4 Å². The summed E-state index contributed by atoms with van der Waals surface area (Å²) >= 11 is 0. The first-order valence-corrected chi connectivity index (χ1v) is 6.43. The van der Waals surface area contributed by atoms with Crippen LogP contribution in [0.5, 0.6) is 0 Å². The van der Waals surface area contributed by atoms with Crippen molar-refractivity contribution in [2.75, 3.05) is 19.6 Å². The van der Waals surface area contributed by atoms with Gasteiger partial charge >= 0.3 is 0 Å². The number of nitrogens with one attached hydrogen (secondary N) is 1. The zero-order valence-electron chi connectivity index (χ0n) is 10.1. The predicted molar refractivity (Wildman–Crippen MR) is 64.0 cm³/mol. The van der Waals surface area contributed by atoms with Crippen molar-refractivity contribution in [1.82, 2.24) is 10.2 Å². The summed E-state index contributed by atoms with van der Waals surface area (Å²) in [5.74, 6) is 0.769. The largest absolute Gasteiger partial charge is 0.356 e. The number of rotatable bonds is 1. The quantitative estimate of drug-likeness (QED) is 0.676. The smallest absolute Gasteiger partial charge is 0.221 e. The third-order valence-corrected chi connectivity index (χ3v) is 3.98. The second-order valence-electron chi connectivity index (χ2n) is 5.27. The van der Waals surface area contributed by atoms with Gasteiger partial charge in [-0.05, 0) is 31.7 Å². The topological polar surface area (TPSA) is 58.4 Å². The third kappa shape index (κ3) is 2.74. The lowest BCUT2D eigenvalue weighted by molar-refractivity contribution is -0.121. The van der Waals surface area contributed by atoms with E-state index in [1.165, 1.54) is 0 Å². The molecule has 3 atom stereocenters. The number of nitrogens with zero attached hydrogens (tertiary/aromatic N) is 1. The van der Waals surface area contributed by atoms with Crippen LogP contribution in [0.4, 0.5) is 0 Å². The Kier molecular flexibility index (Phi) is 3.82. The van der Waals surface area contributed by atoms with Gasteiger partial charge in [-0.3, -0.25) is 9.69 Å². The summed E-state index contributed by atoms with van der Waals surface area (Å²) < 4.78 is 0. The molecule has 0 aromatic rings. The van der Waals surface area contributed by atoms with Crippen molar-refractivity contribution in [3.8, 4) is 0 Å². The van der Waals surface area contributed by atoms with Crippen LogP contribution in [-0.4, -0.2) is 42.5 Å². The van der Waals surface area contributed by atoms with Crippen molar-refractivity contribution in [3.05, 3.63) is 0 Å². The average molecular weight is 225 g/mol. The van der Waals surface area contributed by atoms with Gasteiger partial charge in [-0.1, -0.05) is 6.92 Å². The average Bonchev–Trinajstić information content (AvgIpc) is 2.47. The number of hydrogen-bond donors (Lipinski definition) is 2. The predicted octanol–water partition coefficient (Wildman–Crippen LogP) is 0.324. The molecule has 0 spiro atoms.